The molecule has 2 aliphatic heterocycles. The van der Waals surface area contributed by atoms with E-state index in [1.807, 2.05) is 23.1 Å². The van der Waals surface area contributed by atoms with Crippen LogP contribution in [0.15, 0.2) is 24.3 Å². The molecule has 1 aromatic rings. The molecule has 0 bridgehead atoms. The second-order valence-corrected chi connectivity index (χ2v) is 8.55. The third-order valence-electron chi connectivity index (χ3n) is 4.47. The van der Waals surface area contributed by atoms with Crippen molar-refractivity contribution in [1.29, 1.82) is 0 Å². The molecule has 5 nitrogen and oxygen atoms in total. The third-order valence-corrected chi connectivity index (χ3v) is 5.68. The Bertz CT molecular complexity index is 697. The third kappa shape index (κ3) is 2.36. The fraction of sp³-hybridized carbons (Fsp3) is 0.533. The molecular formula is C15H20N2O3S. The second-order valence-electron chi connectivity index (χ2n) is 6.56. The number of rotatable bonds is 1. The van der Waals surface area contributed by atoms with Crippen molar-refractivity contribution < 1.29 is 13.2 Å². The van der Waals surface area contributed by atoms with E-state index in [2.05, 4.69) is 19.9 Å². The van der Waals surface area contributed by atoms with E-state index in [0.29, 0.717) is 13.1 Å². The summed E-state index contributed by atoms with van der Waals surface area (Å²) in [6, 6.07) is 7.85. The van der Waals surface area contributed by atoms with Crippen LogP contribution in [0.1, 0.15) is 31.0 Å². The van der Waals surface area contributed by atoms with Crippen molar-refractivity contribution in [2.24, 2.45) is 0 Å². The van der Waals surface area contributed by atoms with Crippen LogP contribution < -0.4 is 0 Å². The quantitative estimate of drug-likeness (QED) is 0.781. The van der Waals surface area contributed by atoms with E-state index < -0.39 is 10.0 Å². The lowest BCUT2D eigenvalue weighted by Crippen LogP contribution is -2.58. The van der Waals surface area contributed by atoms with Gasteiger partial charge < -0.3 is 4.90 Å². The first-order valence-electron chi connectivity index (χ1n) is 7.04. The Hall–Kier alpha value is -1.40. The van der Waals surface area contributed by atoms with Crippen LogP contribution in [-0.2, 0) is 20.2 Å². The highest BCUT2D eigenvalue weighted by Crippen LogP contribution is 2.41. The zero-order valence-electron chi connectivity index (χ0n) is 12.5. The van der Waals surface area contributed by atoms with Gasteiger partial charge in [0.1, 0.15) is 0 Å². The van der Waals surface area contributed by atoms with Gasteiger partial charge in [-0.2, -0.15) is 4.31 Å². The molecule has 114 valence electrons. The zero-order valence-corrected chi connectivity index (χ0v) is 13.4. The number of hydrogen-bond donors (Lipinski definition) is 0. The van der Waals surface area contributed by atoms with Crippen molar-refractivity contribution in [2.45, 2.75) is 25.3 Å². The molecule has 2 aliphatic rings. The monoisotopic (exact) mass is 308 g/mol. The molecule has 0 saturated carbocycles. The lowest BCUT2D eigenvalue weighted by Gasteiger charge is -2.49. The number of fused-ring (bicyclic) bond motifs is 3. The van der Waals surface area contributed by atoms with Crippen LogP contribution in [0, 0.1) is 0 Å². The smallest absolute Gasteiger partial charge is 0.238 e. The van der Waals surface area contributed by atoms with Gasteiger partial charge in [-0.1, -0.05) is 38.1 Å². The lowest BCUT2D eigenvalue weighted by molar-refractivity contribution is -0.139. The maximum absolute atomic E-state index is 12.4. The molecule has 1 atom stereocenters. The topological polar surface area (TPSA) is 57.7 Å². The highest BCUT2D eigenvalue weighted by atomic mass is 32.2. The Kier molecular flexibility index (Phi) is 3.15. The fourth-order valence-corrected chi connectivity index (χ4v) is 4.16. The summed E-state index contributed by atoms with van der Waals surface area (Å²) in [6.45, 7) is 5.17. The van der Waals surface area contributed by atoms with Crippen LogP contribution in [0.25, 0.3) is 0 Å². The van der Waals surface area contributed by atoms with Crippen LogP contribution in [-0.4, -0.2) is 49.4 Å². The zero-order chi connectivity index (χ0) is 15.4. The van der Waals surface area contributed by atoms with E-state index in [4.69, 9.17) is 0 Å². The molecule has 1 unspecified atom stereocenters. The Morgan fingerprint density at radius 1 is 1.24 bits per heavy atom. The molecule has 0 aromatic heterocycles. The summed E-state index contributed by atoms with van der Waals surface area (Å²) in [7, 11) is -3.35. The number of sulfonamides is 1. The molecule has 0 radical (unpaired) electrons. The van der Waals surface area contributed by atoms with Crippen molar-refractivity contribution in [1.82, 2.24) is 9.21 Å². The standard InChI is InChI=1S/C15H20N2O3S/c1-15(2)10-17-13(11-6-4-5-7-12(11)15)8-16(9-14(17)18)21(3,19)20/h4-7,13H,8-10H2,1-3H3. The summed E-state index contributed by atoms with van der Waals surface area (Å²) in [6.07, 6.45) is 1.16. The number of nitrogens with zero attached hydrogens (tertiary/aromatic N) is 2. The van der Waals surface area contributed by atoms with Gasteiger partial charge in [0.2, 0.25) is 15.9 Å². The van der Waals surface area contributed by atoms with Crippen molar-refractivity contribution in [3.05, 3.63) is 35.4 Å². The molecule has 1 fully saturated rings. The first-order chi connectivity index (χ1) is 9.70. The minimum absolute atomic E-state index is 0.0480. The lowest BCUT2D eigenvalue weighted by atomic mass is 9.75. The summed E-state index contributed by atoms with van der Waals surface area (Å²) >= 11 is 0. The number of piperazine rings is 1. The first kappa shape index (κ1) is 14.5. The molecule has 1 aromatic carbocycles. The normalized spacial score (nSPS) is 25.4. The minimum atomic E-state index is -3.35. The van der Waals surface area contributed by atoms with E-state index in [1.165, 1.54) is 9.87 Å². The molecule has 0 aliphatic carbocycles. The van der Waals surface area contributed by atoms with Gasteiger partial charge in [-0.3, -0.25) is 4.79 Å². The fourth-order valence-electron chi connectivity index (χ4n) is 3.40. The van der Waals surface area contributed by atoms with Crippen LogP contribution in [0.2, 0.25) is 0 Å². The molecule has 3 rings (SSSR count). The summed E-state index contributed by atoms with van der Waals surface area (Å²) in [4.78, 5) is 14.2. The van der Waals surface area contributed by atoms with Crippen molar-refractivity contribution in [2.75, 3.05) is 25.9 Å². The van der Waals surface area contributed by atoms with E-state index >= 15 is 0 Å². The predicted molar refractivity (Wildman–Crippen MR) is 80.3 cm³/mol. The largest absolute Gasteiger partial charge is 0.332 e. The van der Waals surface area contributed by atoms with Gasteiger partial charge in [-0.25, -0.2) is 8.42 Å². The molecule has 21 heavy (non-hydrogen) atoms. The van der Waals surface area contributed by atoms with Gasteiger partial charge in [0.15, 0.2) is 0 Å². The molecule has 1 amide bonds. The molecular weight excluding hydrogens is 288 g/mol. The number of benzene rings is 1. The first-order valence-corrected chi connectivity index (χ1v) is 8.89. The van der Waals surface area contributed by atoms with Gasteiger partial charge >= 0.3 is 0 Å². The Morgan fingerprint density at radius 2 is 1.90 bits per heavy atom. The van der Waals surface area contributed by atoms with Crippen LogP contribution in [0.3, 0.4) is 0 Å². The molecule has 2 heterocycles. The summed E-state index contributed by atoms with van der Waals surface area (Å²) in [5.41, 5.74) is 2.15. The van der Waals surface area contributed by atoms with Crippen molar-refractivity contribution in [3.8, 4) is 0 Å². The van der Waals surface area contributed by atoms with E-state index in [1.54, 1.807) is 0 Å². The average Bonchev–Trinajstić information content (AvgIpc) is 2.39. The summed E-state index contributed by atoms with van der Waals surface area (Å²) < 4.78 is 24.9. The number of hydrogen-bond acceptors (Lipinski definition) is 3. The molecule has 6 heteroatoms. The summed E-state index contributed by atoms with van der Waals surface area (Å²) in [5.74, 6) is -0.112. The number of amides is 1. The van der Waals surface area contributed by atoms with Gasteiger partial charge in [0.25, 0.3) is 0 Å². The van der Waals surface area contributed by atoms with Gasteiger partial charge in [0.05, 0.1) is 18.8 Å². The van der Waals surface area contributed by atoms with E-state index in [0.717, 1.165) is 11.8 Å². The average molecular weight is 308 g/mol. The van der Waals surface area contributed by atoms with Gasteiger partial charge in [-0.15, -0.1) is 0 Å². The van der Waals surface area contributed by atoms with Gasteiger partial charge in [0, 0.05) is 18.5 Å². The van der Waals surface area contributed by atoms with Crippen molar-refractivity contribution in [3.63, 3.8) is 0 Å². The van der Waals surface area contributed by atoms with Crippen LogP contribution in [0.4, 0.5) is 0 Å². The number of carbonyl (C=O) groups excluding carboxylic acids is 1. The summed E-state index contributed by atoms with van der Waals surface area (Å²) in [5, 5.41) is 0. The highest BCUT2D eigenvalue weighted by molar-refractivity contribution is 7.88. The number of carbonyl (C=O) groups is 1. The van der Waals surface area contributed by atoms with Crippen LogP contribution >= 0.6 is 0 Å². The SMILES string of the molecule is CC1(C)CN2C(=O)CN(S(C)(=O)=O)CC2c2ccccc21. The van der Waals surface area contributed by atoms with Crippen LogP contribution in [0.5, 0.6) is 0 Å². The highest BCUT2D eigenvalue weighted by Gasteiger charge is 2.44. The molecule has 1 saturated heterocycles. The van der Waals surface area contributed by atoms with Crippen molar-refractivity contribution >= 4 is 15.9 Å². The Labute approximate surface area is 125 Å². The predicted octanol–water partition coefficient (Wildman–Crippen LogP) is 1.12. The molecule has 0 spiro atoms. The minimum Gasteiger partial charge on any atom is -0.332 e. The Balaban J connectivity index is 2.08. The van der Waals surface area contributed by atoms with E-state index in [9.17, 15) is 13.2 Å². The maximum Gasteiger partial charge on any atom is 0.238 e. The Morgan fingerprint density at radius 3 is 2.57 bits per heavy atom. The van der Waals surface area contributed by atoms with Gasteiger partial charge in [-0.05, 0) is 11.1 Å². The van der Waals surface area contributed by atoms with E-state index in [-0.39, 0.29) is 23.9 Å². The molecule has 0 N–H and O–H groups in total. The second kappa shape index (κ2) is 4.55. The maximum atomic E-state index is 12.4.